The minimum Gasteiger partial charge on any atom is -0.313 e. The van der Waals surface area contributed by atoms with E-state index in [9.17, 15) is 0 Å². The summed E-state index contributed by atoms with van der Waals surface area (Å²) >= 11 is 0. The molecule has 0 saturated carbocycles. The third kappa shape index (κ3) is 4.74. The van der Waals surface area contributed by atoms with Crippen molar-refractivity contribution < 1.29 is 0 Å². The molecule has 0 bridgehead atoms. The Kier molecular flexibility index (Phi) is 6.31. The van der Waals surface area contributed by atoms with Gasteiger partial charge in [-0.15, -0.1) is 0 Å². The fraction of sp³-hybridized carbons (Fsp3) is 0.0435. The summed E-state index contributed by atoms with van der Waals surface area (Å²) in [6, 6.07) is 49.7. The van der Waals surface area contributed by atoms with E-state index < -0.39 is 0 Å². The summed E-state index contributed by atoms with van der Waals surface area (Å²) in [4.78, 5) is 10.3. The molecule has 8 aromatic rings. The van der Waals surface area contributed by atoms with Gasteiger partial charge in [-0.1, -0.05) is 127 Å². The first-order chi connectivity index (χ1) is 24.2. The monoisotopic (exact) mass is 625 g/mol. The van der Waals surface area contributed by atoms with Crippen LogP contribution in [0, 0.1) is 5.92 Å². The zero-order valence-electron chi connectivity index (χ0n) is 26.8. The van der Waals surface area contributed by atoms with E-state index in [2.05, 4.69) is 168 Å². The molecule has 1 atom stereocenters. The SMILES string of the molecule is C1=CC2CC(n3c4ccccc4c4cc5ccccc5cc43)=CC=C2C=C1c1nc(-c2ccccc2)cc(-c2ccc3ccccc3c2)n1. The highest BCUT2D eigenvalue weighted by Gasteiger charge is 2.24. The van der Waals surface area contributed by atoms with Crippen LogP contribution >= 0.6 is 0 Å². The maximum absolute atomic E-state index is 5.17. The minimum absolute atomic E-state index is 0.276. The van der Waals surface area contributed by atoms with Crippen LogP contribution in [0.4, 0.5) is 0 Å². The number of fused-ring (bicyclic) bond motifs is 6. The summed E-state index contributed by atoms with van der Waals surface area (Å²) in [7, 11) is 0. The predicted molar refractivity (Wildman–Crippen MR) is 205 cm³/mol. The van der Waals surface area contributed by atoms with Crippen molar-refractivity contribution in [2.24, 2.45) is 5.92 Å². The molecule has 230 valence electrons. The summed E-state index contributed by atoms with van der Waals surface area (Å²) < 4.78 is 2.47. The van der Waals surface area contributed by atoms with Crippen LogP contribution in [0.5, 0.6) is 0 Å². The standard InChI is InChI=1S/C46H31N3/c1-2-11-31(12-3-1)42-29-43(37-20-18-30-10-4-5-13-32(30)24-37)48-46(47-42)38-21-19-36-26-39(23-22-35(36)25-38)49-44-17-9-8-16-40(44)41-27-33-14-6-7-15-34(33)28-45(41)49/h1-25,27-29,36H,26H2. The van der Waals surface area contributed by atoms with Crippen molar-refractivity contribution in [1.29, 1.82) is 0 Å². The van der Waals surface area contributed by atoms with Crippen LogP contribution in [-0.4, -0.2) is 14.5 Å². The Morgan fingerprint density at radius 3 is 2.06 bits per heavy atom. The Balaban J connectivity index is 1.08. The van der Waals surface area contributed by atoms with Gasteiger partial charge in [0.05, 0.1) is 22.4 Å². The summed E-state index contributed by atoms with van der Waals surface area (Å²) in [6.45, 7) is 0. The predicted octanol–water partition coefficient (Wildman–Crippen LogP) is 11.7. The molecule has 2 heterocycles. The van der Waals surface area contributed by atoms with E-state index in [0.717, 1.165) is 40.3 Å². The Hall–Kier alpha value is -6.32. The molecule has 6 aromatic carbocycles. The largest absolute Gasteiger partial charge is 0.313 e. The number of benzene rings is 6. The topological polar surface area (TPSA) is 30.7 Å². The molecule has 2 aromatic heterocycles. The van der Waals surface area contributed by atoms with Gasteiger partial charge in [0.15, 0.2) is 5.82 Å². The van der Waals surface area contributed by atoms with E-state index in [4.69, 9.17) is 9.97 Å². The Morgan fingerprint density at radius 1 is 0.531 bits per heavy atom. The lowest BCUT2D eigenvalue weighted by molar-refractivity contribution is 0.770. The van der Waals surface area contributed by atoms with E-state index in [0.29, 0.717) is 0 Å². The minimum atomic E-state index is 0.276. The summed E-state index contributed by atoms with van der Waals surface area (Å²) in [5, 5.41) is 7.54. The maximum Gasteiger partial charge on any atom is 0.160 e. The molecule has 2 aliphatic carbocycles. The molecule has 0 saturated heterocycles. The second-order valence-corrected chi connectivity index (χ2v) is 13.1. The highest BCUT2D eigenvalue weighted by molar-refractivity contribution is 6.14. The molecule has 0 amide bonds. The van der Waals surface area contributed by atoms with Crippen molar-refractivity contribution in [2.75, 3.05) is 0 Å². The lowest BCUT2D eigenvalue weighted by Gasteiger charge is -2.25. The van der Waals surface area contributed by atoms with Gasteiger partial charge in [0.2, 0.25) is 0 Å². The molecule has 3 heteroatoms. The van der Waals surface area contributed by atoms with Gasteiger partial charge in [-0.3, -0.25) is 0 Å². The number of nitrogens with zero attached hydrogens (tertiary/aromatic N) is 3. The van der Waals surface area contributed by atoms with Gasteiger partial charge in [-0.05, 0) is 76.0 Å². The lowest BCUT2D eigenvalue weighted by atomic mass is 9.84. The quantitative estimate of drug-likeness (QED) is 0.195. The van der Waals surface area contributed by atoms with Gasteiger partial charge in [-0.2, -0.15) is 0 Å². The van der Waals surface area contributed by atoms with Gasteiger partial charge in [0.25, 0.3) is 0 Å². The highest BCUT2D eigenvalue weighted by atomic mass is 15.0. The van der Waals surface area contributed by atoms with Gasteiger partial charge in [-0.25, -0.2) is 9.97 Å². The molecule has 2 aliphatic rings. The van der Waals surface area contributed by atoms with E-state index in [1.807, 2.05) is 6.07 Å². The van der Waals surface area contributed by atoms with Gasteiger partial charge < -0.3 is 4.57 Å². The number of hydrogen-bond donors (Lipinski definition) is 0. The molecule has 0 spiro atoms. The molecule has 1 unspecified atom stereocenters. The number of hydrogen-bond acceptors (Lipinski definition) is 2. The second-order valence-electron chi connectivity index (χ2n) is 13.1. The number of rotatable bonds is 4. The Morgan fingerprint density at radius 2 is 1.22 bits per heavy atom. The zero-order valence-corrected chi connectivity index (χ0v) is 26.8. The van der Waals surface area contributed by atoms with Crippen molar-refractivity contribution >= 4 is 54.6 Å². The molecule has 0 fully saturated rings. The fourth-order valence-corrected chi connectivity index (χ4v) is 7.61. The van der Waals surface area contributed by atoms with Crippen LogP contribution < -0.4 is 0 Å². The van der Waals surface area contributed by atoms with E-state index in [1.165, 1.54) is 54.6 Å². The first kappa shape index (κ1) is 27.8. The molecular weight excluding hydrogens is 595 g/mol. The molecular formula is C46H31N3. The van der Waals surface area contributed by atoms with Crippen molar-refractivity contribution in [3.05, 3.63) is 181 Å². The third-order valence-corrected chi connectivity index (χ3v) is 10.1. The van der Waals surface area contributed by atoms with Crippen LogP contribution in [0.15, 0.2) is 175 Å². The normalized spacial score (nSPS) is 15.8. The first-order valence-electron chi connectivity index (χ1n) is 16.9. The van der Waals surface area contributed by atoms with Crippen molar-refractivity contribution in [3.8, 4) is 22.5 Å². The van der Waals surface area contributed by atoms with E-state index in [1.54, 1.807) is 0 Å². The summed E-state index contributed by atoms with van der Waals surface area (Å²) in [6.07, 6.45) is 12.4. The van der Waals surface area contributed by atoms with E-state index in [-0.39, 0.29) is 5.92 Å². The van der Waals surface area contributed by atoms with Crippen LogP contribution in [0.2, 0.25) is 0 Å². The third-order valence-electron chi connectivity index (χ3n) is 10.1. The summed E-state index contributed by atoms with van der Waals surface area (Å²) in [5.41, 5.74) is 10.1. The first-order valence-corrected chi connectivity index (χ1v) is 16.9. The fourth-order valence-electron chi connectivity index (χ4n) is 7.61. The van der Waals surface area contributed by atoms with Crippen molar-refractivity contribution in [1.82, 2.24) is 14.5 Å². The average Bonchev–Trinajstić information content (AvgIpc) is 3.49. The van der Waals surface area contributed by atoms with E-state index >= 15 is 0 Å². The van der Waals surface area contributed by atoms with Crippen molar-refractivity contribution in [2.45, 2.75) is 6.42 Å². The van der Waals surface area contributed by atoms with Gasteiger partial charge in [0, 0.05) is 39.1 Å². The second kappa shape index (κ2) is 11.1. The maximum atomic E-state index is 5.17. The molecule has 3 nitrogen and oxygen atoms in total. The average molecular weight is 626 g/mol. The highest BCUT2D eigenvalue weighted by Crippen LogP contribution is 2.41. The summed E-state index contributed by atoms with van der Waals surface area (Å²) in [5.74, 6) is 1.02. The zero-order chi connectivity index (χ0) is 32.3. The molecule has 0 aliphatic heterocycles. The van der Waals surface area contributed by atoms with Crippen LogP contribution in [0.25, 0.3) is 77.1 Å². The van der Waals surface area contributed by atoms with Crippen LogP contribution in [0.1, 0.15) is 12.2 Å². The molecule has 0 radical (unpaired) electrons. The number of para-hydroxylation sites is 1. The van der Waals surface area contributed by atoms with Gasteiger partial charge >= 0.3 is 0 Å². The molecule has 10 rings (SSSR count). The van der Waals surface area contributed by atoms with Crippen molar-refractivity contribution in [3.63, 3.8) is 0 Å². The van der Waals surface area contributed by atoms with Gasteiger partial charge in [0.1, 0.15) is 0 Å². The van der Waals surface area contributed by atoms with Crippen LogP contribution in [-0.2, 0) is 0 Å². The number of allylic oxidation sites excluding steroid dienone is 8. The number of aromatic nitrogens is 3. The Labute approximate surface area is 284 Å². The molecule has 49 heavy (non-hydrogen) atoms. The Bertz CT molecular complexity index is 2740. The van der Waals surface area contributed by atoms with Crippen LogP contribution in [0.3, 0.4) is 0 Å². The smallest absolute Gasteiger partial charge is 0.160 e. The molecule has 0 N–H and O–H groups in total. The lowest BCUT2D eigenvalue weighted by Crippen LogP contribution is -2.12.